The van der Waals surface area contributed by atoms with Gasteiger partial charge in [-0.05, 0) is 12.1 Å². The average Bonchev–Trinajstić information content (AvgIpc) is 3.10. The van der Waals surface area contributed by atoms with Gasteiger partial charge in [-0.25, -0.2) is 4.98 Å². The second kappa shape index (κ2) is 3.99. The lowest BCUT2D eigenvalue weighted by atomic mass is 9.95. The molecule has 5 heteroatoms. The fourth-order valence-electron chi connectivity index (χ4n) is 2.71. The summed E-state index contributed by atoms with van der Waals surface area (Å²) in [6.07, 6.45) is 5.52. The van der Waals surface area contributed by atoms with Crippen LogP contribution in [0, 0.1) is 0 Å². The van der Waals surface area contributed by atoms with E-state index in [2.05, 4.69) is 21.4 Å². The average molecular weight is 269 g/mol. The number of carbonyl (C=O) groups excluding carboxylic acids is 1. The van der Waals surface area contributed by atoms with Gasteiger partial charge in [-0.15, -0.1) is 11.3 Å². The van der Waals surface area contributed by atoms with Gasteiger partial charge >= 0.3 is 0 Å². The Balaban J connectivity index is 1.83. The lowest BCUT2D eigenvalue weighted by molar-refractivity contribution is -0.117. The Morgan fingerprint density at radius 2 is 2.37 bits per heavy atom. The molecule has 19 heavy (non-hydrogen) atoms. The van der Waals surface area contributed by atoms with Crippen LogP contribution >= 0.6 is 11.3 Å². The summed E-state index contributed by atoms with van der Waals surface area (Å²) in [5.74, 6) is -0.0699. The second-order valence-electron chi connectivity index (χ2n) is 4.72. The normalized spacial score (nSPS) is 20.7. The highest BCUT2D eigenvalue weighted by Crippen LogP contribution is 2.42. The van der Waals surface area contributed by atoms with Crippen LogP contribution in [-0.2, 0) is 4.79 Å². The number of hydrogen-bond donors (Lipinski definition) is 1. The minimum Gasteiger partial charge on any atom is -0.325 e. The van der Waals surface area contributed by atoms with Crippen LogP contribution in [0.1, 0.15) is 24.3 Å². The first kappa shape index (κ1) is 10.9. The summed E-state index contributed by atoms with van der Waals surface area (Å²) in [5, 5.41) is 2.96. The Labute approximate surface area is 113 Å². The molecule has 0 saturated carbocycles. The van der Waals surface area contributed by atoms with Crippen molar-refractivity contribution in [2.24, 2.45) is 4.99 Å². The van der Waals surface area contributed by atoms with Crippen molar-refractivity contribution in [3.05, 3.63) is 35.0 Å². The molecule has 0 aliphatic carbocycles. The van der Waals surface area contributed by atoms with Gasteiger partial charge in [0.2, 0.25) is 5.91 Å². The highest BCUT2D eigenvalue weighted by Gasteiger charge is 2.33. The molecule has 94 valence electrons. The van der Waals surface area contributed by atoms with Crippen LogP contribution in [-0.4, -0.2) is 17.1 Å². The summed E-state index contributed by atoms with van der Waals surface area (Å²) < 4.78 is 1.11. The Morgan fingerprint density at radius 1 is 1.42 bits per heavy atom. The number of carbonyl (C=O) groups is 1. The van der Waals surface area contributed by atoms with Gasteiger partial charge < -0.3 is 5.32 Å². The predicted octanol–water partition coefficient (Wildman–Crippen LogP) is 3.08. The number of benzene rings is 1. The van der Waals surface area contributed by atoms with Crippen LogP contribution in [0.3, 0.4) is 0 Å². The third kappa shape index (κ3) is 1.62. The number of thiazole rings is 1. The predicted molar refractivity (Wildman–Crippen MR) is 76.8 cm³/mol. The number of amides is 1. The fraction of sp³-hybridized carbons (Fsp3) is 0.214. The number of aliphatic imine (C=N–C) groups is 1. The summed E-state index contributed by atoms with van der Waals surface area (Å²) in [6.45, 7) is 0. The molecule has 0 radical (unpaired) electrons. The lowest BCUT2D eigenvalue weighted by Gasteiger charge is -2.08. The van der Waals surface area contributed by atoms with E-state index in [0.29, 0.717) is 6.42 Å². The molecule has 4 nitrogen and oxygen atoms in total. The summed E-state index contributed by atoms with van der Waals surface area (Å²) in [4.78, 5) is 20.8. The van der Waals surface area contributed by atoms with Crippen molar-refractivity contribution in [3.63, 3.8) is 0 Å². The maximum Gasteiger partial charge on any atom is 0.232 e. The van der Waals surface area contributed by atoms with E-state index in [0.717, 1.165) is 33.6 Å². The van der Waals surface area contributed by atoms with Gasteiger partial charge in [-0.1, -0.05) is 6.08 Å². The first-order valence-corrected chi connectivity index (χ1v) is 7.09. The maximum absolute atomic E-state index is 12.2. The van der Waals surface area contributed by atoms with E-state index in [-0.39, 0.29) is 11.8 Å². The molecule has 4 rings (SSSR count). The lowest BCUT2D eigenvalue weighted by Crippen LogP contribution is -2.12. The van der Waals surface area contributed by atoms with Crippen molar-refractivity contribution in [3.8, 4) is 0 Å². The molecule has 1 N–H and O–H groups in total. The molecular formula is C14H11N3OS. The highest BCUT2D eigenvalue weighted by molar-refractivity contribution is 7.17. The van der Waals surface area contributed by atoms with E-state index in [1.54, 1.807) is 11.3 Å². The molecule has 0 saturated heterocycles. The van der Waals surface area contributed by atoms with E-state index in [9.17, 15) is 4.79 Å². The van der Waals surface area contributed by atoms with Crippen LogP contribution in [0.15, 0.2) is 34.4 Å². The van der Waals surface area contributed by atoms with Crippen molar-refractivity contribution >= 4 is 39.4 Å². The van der Waals surface area contributed by atoms with Gasteiger partial charge in [-0.2, -0.15) is 0 Å². The van der Waals surface area contributed by atoms with E-state index >= 15 is 0 Å². The molecule has 1 unspecified atom stereocenters. The number of fused-ring (bicyclic) bond motifs is 3. The molecule has 0 bridgehead atoms. The molecule has 0 fully saturated rings. The van der Waals surface area contributed by atoms with Crippen molar-refractivity contribution in [2.75, 3.05) is 5.32 Å². The molecular weight excluding hydrogens is 258 g/mol. The molecule has 3 heterocycles. The fourth-order valence-corrected chi connectivity index (χ4v) is 3.60. The molecule has 1 aromatic heterocycles. The zero-order chi connectivity index (χ0) is 12.8. The first-order chi connectivity index (χ1) is 9.33. The SMILES string of the molecule is O=C1Nc2ccc3ncsc3c2C1CC1=CCC=N1. The zero-order valence-electron chi connectivity index (χ0n) is 10.1. The molecule has 2 aromatic rings. The number of aromatic nitrogens is 1. The molecule has 2 aliphatic rings. The summed E-state index contributed by atoms with van der Waals surface area (Å²) in [7, 11) is 0. The van der Waals surface area contributed by atoms with Crippen LogP contribution in [0.25, 0.3) is 10.2 Å². The first-order valence-electron chi connectivity index (χ1n) is 6.21. The van der Waals surface area contributed by atoms with E-state index in [4.69, 9.17) is 0 Å². The molecule has 0 spiro atoms. The van der Waals surface area contributed by atoms with Gasteiger partial charge in [0, 0.05) is 36.0 Å². The summed E-state index contributed by atoms with van der Waals surface area (Å²) in [6, 6.07) is 3.90. The Kier molecular flexibility index (Phi) is 2.29. The van der Waals surface area contributed by atoms with Crippen LogP contribution in [0.5, 0.6) is 0 Å². The number of rotatable bonds is 2. The standard InChI is InChI=1S/C14H11N3OS/c18-14-9(6-8-2-1-5-15-8)12-10(17-14)3-4-11-13(12)19-7-16-11/h2-5,7,9H,1,6H2,(H,17,18). The van der Waals surface area contributed by atoms with Crippen LogP contribution in [0.2, 0.25) is 0 Å². The minimum atomic E-state index is -0.138. The highest BCUT2D eigenvalue weighted by atomic mass is 32.1. The van der Waals surface area contributed by atoms with Gasteiger partial charge in [0.1, 0.15) is 0 Å². The summed E-state index contributed by atoms with van der Waals surface area (Å²) >= 11 is 1.60. The molecule has 2 aliphatic heterocycles. The molecule has 1 aromatic carbocycles. The number of nitrogens with one attached hydrogen (secondary N) is 1. The topological polar surface area (TPSA) is 54.4 Å². The van der Waals surface area contributed by atoms with Gasteiger partial charge in [-0.3, -0.25) is 9.79 Å². The number of nitrogens with zero attached hydrogens (tertiary/aromatic N) is 2. The monoisotopic (exact) mass is 269 g/mol. The zero-order valence-corrected chi connectivity index (χ0v) is 10.9. The van der Waals surface area contributed by atoms with Crippen molar-refractivity contribution in [1.82, 2.24) is 4.98 Å². The summed E-state index contributed by atoms with van der Waals surface area (Å²) in [5.41, 5.74) is 5.82. The maximum atomic E-state index is 12.2. The van der Waals surface area contributed by atoms with Gasteiger partial charge in [0.25, 0.3) is 0 Å². The van der Waals surface area contributed by atoms with Gasteiger partial charge in [0.05, 0.1) is 21.6 Å². The quantitative estimate of drug-likeness (QED) is 0.910. The Morgan fingerprint density at radius 3 is 3.21 bits per heavy atom. The minimum absolute atomic E-state index is 0.0684. The third-order valence-corrected chi connectivity index (χ3v) is 4.47. The largest absolute Gasteiger partial charge is 0.325 e. The van der Waals surface area contributed by atoms with E-state index < -0.39 is 0 Å². The van der Waals surface area contributed by atoms with Crippen LogP contribution < -0.4 is 5.32 Å². The second-order valence-corrected chi connectivity index (χ2v) is 5.57. The van der Waals surface area contributed by atoms with Gasteiger partial charge in [0.15, 0.2) is 0 Å². The van der Waals surface area contributed by atoms with E-state index in [1.165, 1.54) is 0 Å². The molecule has 1 atom stereocenters. The number of anilines is 1. The Bertz CT molecular complexity index is 744. The number of allylic oxidation sites excluding steroid dienone is 2. The van der Waals surface area contributed by atoms with Crippen molar-refractivity contribution in [1.29, 1.82) is 0 Å². The van der Waals surface area contributed by atoms with Crippen molar-refractivity contribution < 1.29 is 4.79 Å². The Hall–Kier alpha value is -2.01. The van der Waals surface area contributed by atoms with Crippen molar-refractivity contribution in [2.45, 2.75) is 18.8 Å². The third-order valence-electron chi connectivity index (χ3n) is 3.59. The number of hydrogen-bond acceptors (Lipinski definition) is 4. The van der Waals surface area contributed by atoms with E-state index in [1.807, 2.05) is 23.9 Å². The molecule has 1 amide bonds. The van der Waals surface area contributed by atoms with Crippen LogP contribution in [0.4, 0.5) is 5.69 Å². The smallest absolute Gasteiger partial charge is 0.232 e.